The number of benzene rings is 3. The number of anilines is 2. The summed E-state index contributed by atoms with van der Waals surface area (Å²) < 4.78 is 31.3. The quantitative estimate of drug-likeness (QED) is 0.0486. The van der Waals surface area contributed by atoms with E-state index >= 15 is 0 Å². The minimum absolute atomic E-state index is 0.0661. The monoisotopic (exact) mass is 1000 g/mol. The van der Waals surface area contributed by atoms with Gasteiger partial charge in [0.05, 0.1) is 0 Å². The molecule has 0 saturated carbocycles. The Kier molecular flexibility index (Phi) is 15.9. The molecule has 0 spiro atoms. The van der Waals surface area contributed by atoms with Gasteiger partial charge in [0.25, 0.3) is 5.56 Å². The van der Waals surface area contributed by atoms with Gasteiger partial charge in [-0.1, -0.05) is 132 Å². The number of aromatic nitrogens is 2. The third-order valence-electron chi connectivity index (χ3n) is 14.2. The topological polar surface area (TPSA) is 189 Å². The van der Waals surface area contributed by atoms with E-state index in [2.05, 4.69) is 61.9 Å². The Labute approximate surface area is 431 Å². The summed E-state index contributed by atoms with van der Waals surface area (Å²) in [6.07, 6.45) is 14.0. The molecule has 0 radical (unpaired) electrons. The molecule has 7 unspecified atom stereocenters. The molecule has 2 amide bonds. The van der Waals surface area contributed by atoms with Crippen LogP contribution in [0.15, 0.2) is 143 Å². The summed E-state index contributed by atoms with van der Waals surface area (Å²) in [6.45, 7) is 9.26. The summed E-state index contributed by atoms with van der Waals surface area (Å²) in [5, 5.41) is 8.31. The first-order chi connectivity index (χ1) is 35.8. The average molecular weight is 1010 g/mol. The highest BCUT2D eigenvalue weighted by molar-refractivity contribution is 5.82. The third-order valence-corrected chi connectivity index (χ3v) is 14.2. The Hall–Kier alpha value is -7.72. The van der Waals surface area contributed by atoms with Gasteiger partial charge in [-0.3, -0.25) is 19.0 Å². The van der Waals surface area contributed by atoms with Crippen molar-refractivity contribution in [2.75, 3.05) is 29.9 Å². The molecule has 1 saturated heterocycles. The average Bonchev–Trinajstić information content (AvgIpc) is 4.13. The van der Waals surface area contributed by atoms with Crippen LogP contribution in [0.2, 0.25) is 0 Å². The van der Waals surface area contributed by atoms with Crippen molar-refractivity contribution < 1.29 is 42.9 Å². The zero-order valence-corrected chi connectivity index (χ0v) is 42.5. The van der Waals surface area contributed by atoms with E-state index in [1.807, 2.05) is 104 Å². The molecular weight excluding hydrogens is 941 g/mol. The number of rotatable bonds is 18. The summed E-state index contributed by atoms with van der Waals surface area (Å²) in [5.41, 5.74) is 9.49. The van der Waals surface area contributed by atoms with E-state index in [0.29, 0.717) is 18.1 Å². The van der Waals surface area contributed by atoms with Crippen LogP contribution in [-0.2, 0) is 39.8 Å². The number of hydrogen-bond acceptors (Lipinski definition) is 13. The minimum Gasteiger partial charge on any atom is -0.461 e. The molecule has 9 rings (SSSR count). The summed E-state index contributed by atoms with van der Waals surface area (Å²) in [5.74, 6) is -1.23. The second-order valence-electron chi connectivity index (χ2n) is 19.7. The number of nitrogens with one attached hydrogen (secondary N) is 3. The maximum atomic E-state index is 13.9. The van der Waals surface area contributed by atoms with Crippen molar-refractivity contribution in [3.63, 3.8) is 0 Å². The fourth-order valence-electron chi connectivity index (χ4n) is 10.4. The highest BCUT2D eigenvalue weighted by Crippen LogP contribution is 2.50. The predicted octanol–water partition coefficient (Wildman–Crippen LogP) is 9.61. The summed E-state index contributed by atoms with van der Waals surface area (Å²) >= 11 is 0. The van der Waals surface area contributed by atoms with Crippen LogP contribution in [0.4, 0.5) is 21.1 Å². The molecule has 74 heavy (non-hydrogen) atoms. The molecule has 3 aliphatic carbocycles. The van der Waals surface area contributed by atoms with Crippen LogP contribution in [0.3, 0.4) is 0 Å². The molecule has 3 N–H and O–H groups in total. The standard InChI is InChI=1S/C58H64N6O10/c1-35(2)16-14-17-36(3)18-15-19-37(4)28-29-63-34-61-55-52(56(63)67)62-38(5)64(55)49-30-47(72-51(66)32-60-58(69)74-54-45-26-12-8-22-41(45)42-23-9-13-27-46(42)54)48(71-49)33-70-50(65)31-59-57(68)73-53-43-24-10-6-20-39(43)40-21-7-11-25-44(40)53/h6-13,16,18,20-28,34,38,41,45,47-49,53-54,62H,14-15,17,19,29-33H2,1-5H3,(H,59,68)(H,60,69)/b36-18+,37-28+. The van der Waals surface area contributed by atoms with Gasteiger partial charge >= 0.3 is 24.1 Å². The molecule has 3 heterocycles. The molecule has 1 aromatic heterocycles. The van der Waals surface area contributed by atoms with Gasteiger partial charge < -0.3 is 44.5 Å². The maximum absolute atomic E-state index is 13.9. The molecule has 3 aromatic carbocycles. The summed E-state index contributed by atoms with van der Waals surface area (Å²) in [7, 11) is 0. The van der Waals surface area contributed by atoms with Crippen LogP contribution >= 0.6 is 0 Å². The first kappa shape index (κ1) is 51.2. The highest BCUT2D eigenvalue weighted by atomic mass is 16.6. The Morgan fingerprint density at radius 2 is 1.38 bits per heavy atom. The van der Waals surface area contributed by atoms with Crippen LogP contribution in [0.5, 0.6) is 0 Å². The lowest BCUT2D eigenvalue weighted by Gasteiger charge is -2.29. The predicted molar refractivity (Wildman–Crippen MR) is 280 cm³/mol. The van der Waals surface area contributed by atoms with Gasteiger partial charge in [-0.15, -0.1) is 0 Å². The van der Waals surface area contributed by atoms with Gasteiger partial charge in [-0.2, -0.15) is 0 Å². The zero-order valence-electron chi connectivity index (χ0n) is 42.5. The van der Waals surface area contributed by atoms with E-state index in [1.54, 1.807) is 9.47 Å². The van der Waals surface area contributed by atoms with Gasteiger partial charge in [-0.25, -0.2) is 14.6 Å². The lowest BCUT2D eigenvalue weighted by Crippen LogP contribution is -2.42. The number of carbonyl (C=O) groups is 4. The van der Waals surface area contributed by atoms with Crippen LogP contribution in [0.25, 0.3) is 11.1 Å². The number of allylic oxidation sites excluding steroid dienone is 9. The van der Waals surface area contributed by atoms with Crippen molar-refractivity contribution in [3.8, 4) is 11.1 Å². The molecule has 7 atom stereocenters. The molecule has 5 aliphatic rings. The van der Waals surface area contributed by atoms with Gasteiger partial charge in [0.1, 0.15) is 62.4 Å². The number of fused-ring (bicyclic) bond motifs is 7. The van der Waals surface area contributed by atoms with Gasteiger partial charge in [-0.05, 0) is 82.6 Å². The number of carbonyl (C=O) groups excluding carboxylic acids is 4. The third kappa shape index (κ3) is 11.6. The van der Waals surface area contributed by atoms with Crippen LogP contribution in [0, 0.1) is 5.92 Å². The van der Waals surface area contributed by atoms with E-state index in [4.69, 9.17) is 28.7 Å². The molecule has 4 aromatic rings. The Morgan fingerprint density at radius 1 is 0.757 bits per heavy atom. The second kappa shape index (κ2) is 23.0. The second-order valence-corrected chi connectivity index (χ2v) is 19.7. The minimum atomic E-state index is -0.989. The highest BCUT2D eigenvalue weighted by Gasteiger charge is 2.46. The van der Waals surface area contributed by atoms with E-state index < -0.39 is 74.0 Å². The van der Waals surface area contributed by atoms with E-state index in [1.165, 1.54) is 17.5 Å². The van der Waals surface area contributed by atoms with Crippen molar-refractivity contribution in [1.82, 2.24) is 20.2 Å². The first-order valence-corrected chi connectivity index (χ1v) is 25.4. The molecular formula is C58H64N6O10. The Bertz CT molecular complexity index is 2940. The Morgan fingerprint density at radius 3 is 2.09 bits per heavy atom. The van der Waals surface area contributed by atoms with Crippen molar-refractivity contribution in [1.29, 1.82) is 0 Å². The SMILES string of the molecule is CC(C)=CCC/C(C)=C/CC/C(C)=C/Cn1cnc2c(c1=O)NC(C)N2C1CC(OC(=O)CNC(=O)OC2c3ccccc3C3C=CC=CC32)C(COC(=O)CNC(=O)OC2c3ccccc3-c3ccccc32)O1. The maximum Gasteiger partial charge on any atom is 0.408 e. The first-order valence-electron chi connectivity index (χ1n) is 25.4. The summed E-state index contributed by atoms with van der Waals surface area (Å²) in [4.78, 5) is 73.5. The number of ether oxygens (including phenoxy) is 5. The van der Waals surface area contributed by atoms with E-state index in [0.717, 1.165) is 64.6 Å². The number of amides is 2. The fraction of sp³-hybridized carbons (Fsp3) is 0.379. The van der Waals surface area contributed by atoms with E-state index in [9.17, 15) is 24.0 Å². The van der Waals surface area contributed by atoms with Crippen molar-refractivity contribution in [2.24, 2.45) is 5.92 Å². The lowest BCUT2D eigenvalue weighted by atomic mass is 9.88. The molecule has 0 bridgehead atoms. The van der Waals surface area contributed by atoms with Crippen molar-refractivity contribution >= 4 is 35.6 Å². The van der Waals surface area contributed by atoms with Crippen molar-refractivity contribution in [3.05, 3.63) is 171 Å². The van der Waals surface area contributed by atoms with Gasteiger partial charge in [0.2, 0.25) is 0 Å². The van der Waals surface area contributed by atoms with Crippen LogP contribution in [0.1, 0.15) is 107 Å². The van der Waals surface area contributed by atoms with Gasteiger partial charge in [0.15, 0.2) is 11.9 Å². The molecule has 1 fully saturated rings. The fourth-order valence-corrected chi connectivity index (χ4v) is 10.4. The number of alkyl carbamates (subject to hydrolysis) is 2. The molecule has 16 heteroatoms. The van der Waals surface area contributed by atoms with Crippen LogP contribution in [-0.4, -0.2) is 78.0 Å². The normalized spacial score (nSPS) is 22.1. The van der Waals surface area contributed by atoms with Crippen molar-refractivity contribution in [2.45, 2.75) is 116 Å². The number of nitrogens with zero attached hydrogens (tertiary/aromatic N) is 3. The molecule has 386 valence electrons. The Balaban J connectivity index is 0.832. The lowest BCUT2D eigenvalue weighted by molar-refractivity contribution is -0.156. The smallest absolute Gasteiger partial charge is 0.408 e. The van der Waals surface area contributed by atoms with Gasteiger partial charge in [0, 0.05) is 35.9 Å². The summed E-state index contributed by atoms with van der Waals surface area (Å²) in [6, 6.07) is 23.2. The largest absolute Gasteiger partial charge is 0.461 e. The number of hydrogen-bond donors (Lipinski definition) is 3. The van der Waals surface area contributed by atoms with E-state index in [-0.39, 0.29) is 30.4 Å². The van der Waals surface area contributed by atoms with Crippen LogP contribution < -0.4 is 26.4 Å². The number of esters is 2. The zero-order chi connectivity index (χ0) is 51.9. The molecule has 2 aliphatic heterocycles. The molecule has 16 nitrogen and oxygen atoms in total.